The molecule has 0 aromatic heterocycles. The Morgan fingerprint density at radius 3 is 2.31 bits per heavy atom. The Morgan fingerprint density at radius 2 is 1.62 bits per heavy atom. The Balaban J connectivity index is 1.30. The van der Waals surface area contributed by atoms with Gasteiger partial charge in [0.25, 0.3) is 0 Å². The number of carbonyl (C=O) groups is 1. The van der Waals surface area contributed by atoms with Crippen LogP contribution in [0.4, 0.5) is 4.79 Å². The maximum atomic E-state index is 12.3. The third-order valence-electron chi connectivity index (χ3n) is 6.32. The molecule has 0 aliphatic carbocycles. The third kappa shape index (κ3) is 7.28. The molecule has 2 aliphatic heterocycles. The molecule has 0 bridgehead atoms. The molecule has 1 atom stereocenters. The van der Waals surface area contributed by atoms with E-state index in [0.29, 0.717) is 6.54 Å². The molecule has 2 aliphatic rings. The zero-order valence-corrected chi connectivity index (χ0v) is 18.1. The minimum Gasteiger partial charge on any atom is -0.338 e. The molecule has 2 N–H and O–H groups in total. The number of rotatable bonds is 10. The quantitative estimate of drug-likeness (QED) is 0.592. The molecule has 0 saturated carbocycles. The van der Waals surface area contributed by atoms with Crippen molar-refractivity contribution in [3.05, 3.63) is 35.9 Å². The minimum absolute atomic E-state index is 0.0401. The molecule has 3 rings (SSSR count). The molecule has 29 heavy (non-hydrogen) atoms. The van der Waals surface area contributed by atoms with Crippen LogP contribution in [-0.2, 0) is 0 Å². The predicted octanol–water partition coefficient (Wildman–Crippen LogP) is 2.54. The van der Waals surface area contributed by atoms with E-state index in [-0.39, 0.29) is 12.1 Å². The van der Waals surface area contributed by atoms with Crippen molar-refractivity contribution >= 4 is 6.03 Å². The molecule has 6 nitrogen and oxygen atoms in total. The highest BCUT2D eigenvalue weighted by Crippen LogP contribution is 2.24. The van der Waals surface area contributed by atoms with Gasteiger partial charge in [0, 0.05) is 39.3 Å². The molecule has 2 saturated heterocycles. The highest BCUT2D eigenvalue weighted by atomic mass is 16.2. The largest absolute Gasteiger partial charge is 0.338 e. The summed E-state index contributed by atoms with van der Waals surface area (Å²) in [7, 11) is 0. The van der Waals surface area contributed by atoms with Crippen LogP contribution >= 0.6 is 0 Å². The number of likely N-dealkylation sites (N-methyl/N-ethyl adjacent to an activating group) is 1. The summed E-state index contributed by atoms with van der Waals surface area (Å²) < 4.78 is 0. The van der Waals surface area contributed by atoms with Gasteiger partial charge in [-0.2, -0.15) is 0 Å². The summed E-state index contributed by atoms with van der Waals surface area (Å²) in [5.74, 6) is 0. The zero-order valence-electron chi connectivity index (χ0n) is 18.1. The molecular formula is C23H39N5O. The van der Waals surface area contributed by atoms with Crippen molar-refractivity contribution in [2.45, 2.75) is 38.6 Å². The van der Waals surface area contributed by atoms with Gasteiger partial charge in [-0.15, -0.1) is 0 Å². The number of hydrogen-bond acceptors (Lipinski definition) is 4. The van der Waals surface area contributed by atoms with Crippen LogP contribution in [-0.4, -0.2) is 86.2 Å². The van der Waals surface area contributed by atoms with Crippen LogP contribution < -0.4 is 10.6 Å². The molecule has 1 aromatic rings. The number of piperazine rings is 1. The van der Waals surface area contributed by atoms with Crippen molar-refractivity contribution in [1.82, 2.24) is 25.3 Å². The molecule has 1 unspecified atom stereocenters. The smallest absolute Gasteiger partial charge is 0.314 e. The van der Waals surface area contributed by atoms with Crippen molar-refractivity contribution in [3.8, 4) is 0 Å². The number of amides is 2. The molecule has 162 valence electrons. The second-order valence-electron chi connectivity index (χ2n) is 8.29. The number of urea groups is 1. The van der Waals surface area contributed by atoms with Crippen molar-refractivity contribution in [3.63, 3.8) is 0 Å². The molecule has 6 heteroatoms. The Labute approximate surface area is 176 Å². The van der Waals surface area contributed by atoms with Crippen LogP contribution in [0.1, 0.15) is 44.2 Å². The lowest BCUT2D eigenvalue weighted by Crippen LogP contribution is -2.46. The lowest BCUT2D eigenvalue weighted by Gasteiger charge is -2.34. The molecule has 1 aromatic carbocycles. The fourth-order valence-electron chi connectivity index (χ4n) is 4.43. The fraction of sp³-hybridized carbons (Fsp3) is 0.696. The van der Waals surface area contributed by atoms with Gasteiger partial charge < -0.3 is 20.4 Å². The van der Waals surface area contributed by atoms with E-state index in [1.165, 1.54) is 44.6 Å². The average molecular weight is 402 g/mol. The lowest BCUT2D eigenvalue weighted by molar-refractivity contribution is 0.135. The normalized spacial score (nSPS) is 19.9. The van der Waals surface area contributed by atoms with E-state index < -0.39 is 0 Å². The number of benzene rings is 1. The van der Waals surface area contributed by atoms with Gasteiger partial charge in [0.2, 0.25) is 0 Å². The molecule has 2 fully saturated rings. The summed E-state index contributed by atoms with van der Waals surface area (Å²) in [6.45, 7) is 12.9. The van der Waals surface area contributed by atoms with Gasteiger partial charge in [-0.3, -0.25) is 4.90 Å². The van der Waals surface area contributed by atoms with Crippen molar-refractivity contribution < 1.29 is 4.79 Å². The monoisotopic (exact) mass is 401 g/mol. The Hall–Kier alpha value is -1.63. The number of likely N-dealkylation sites (tertiary alicyclic amines) is 1. The Kier molecular flexibility index (Phi) is 9.25. The second kappa shape index (κ2) is 12.2. The molecule has 0 spiro atoms. The van der Waals surface area contributed by atoms with Gasteiger partial charge in [0.1, 0.15) is 0 Å². The predicted molar refractivity (Wildman–Crippen MR) is 119 cm³/mol. The summed E-state index contributed by atoms with van der Waals surface area (Å²) in [5.41, 5.74) is 1.29. The van der Waals surface area contributed by atoms with Crippen LogP contribution in [0.3, 0.4) is 0 Å². The zero-order chi connectivity index (χ0) is 20.3. The SMILES string of the molecule is CCN1CCN(CCCCNC(=O)NCC(c2ccccc2)N2CCCC2)CC1. The van der Waals surface area contributed by atoms with Gasteiger partial charge in [-0.05, 0) is 57.4 Å². The van der Waals surface area contributed by atoms with Crippen molar-refractivity contribution in [2.75, 3.05) is 65.4 Å². The Bertz CT molecular complexity index is 582. The summed E-state index contributed by atoms with van der Waals surface area (Å²) in [6, 6.07) is 10.8. The first-order chi connectivity index (χ1) is 14.3. The second-order valence-corrected chi connectivity index (χ2v) is 8.29. The van der Waals surface area contributed by atoms with E-state index in [1.807, 2.05) is 6.07 Å². The number of unbranched alkanes of at least 4 members (excludes halogenated alkanes) is 1. The van der Waals surface area contributed by atoms with Crippen LogP contribution in [0.2, 0.25) is 0 Å². The third-order valence-corrected chi connectivity index (χ3v) is 6.32. The van der Waals surface area contributed by atoms with Crippen LogP contribution in [0.5, 0.6) is 0 Å². The van der Waals surface area contributed by atoms with Crippen LogP contribution in [0, 0.1) is 0 Å². The first-order valence-electron chi connectivity index (χ1n) is 11.5. The highest BCUT2D eigenvalue weighted by Gasteiger charge is 2.23. The van der Waals surface area contributed by atoms with E-state index in [4.69, 9.17) is 0 Å². The number of hydrogen-bond donors (Lipinski definition) is 2. The maximum Gasteiger partial charge on any atom is 0.314 e. The number of nitrogens with one attached hydrogen (secondary N) is 2. The van der Waals surface area contributed by atoms with E-state index in [9.17, 15) is 4.79 Å². The molecule has 2 amide bonds. The number of nitrogens with zero attached hydrogens (tertiary/aromatic N) is 3. The first-order valence-corrected chi connectivity index (χ1v) is 11.5. The summed E-state index contributed by atoms with van der Waals surface area (Å²) in [4.78, 5) is 19.8. The average Bonchev–Trinajstić information content (AvgIpc) is 3.29. The maximum absolute atomic E-state index is 12.3. The fourth-order valence-corrected chi connectivity index (χ4v) is 4.43. The minimum atomic E-state index is -0.0401. The van der Waals surface area contributed by atoms with E-state index >= 15 is 0 Å². The highest BCUT2D eigenvalue weighted by molar-refractivity contribution is 5.73. The van der Waals surface area contributed by atoms with E-state index in [1.54, 1.807) is 0 Å². The molecule has 0 radical (unpaired) electrons. The van der Waals surface area contributed by atoms with Crippen LogP contribution in [0.15, 0.2) is 30.3 Å². The standard InChI is InChI=1S/C23H39N5O/c1-2-26-16-18-27(19-17-26)13-7-6-12-24-23(29)25-20-22(28-14-8-9-15-28)21-10-4-3-5-11-21/h3-5,10-11,22H,2,6-9,12-20H2,1H3,(H2,24,25,29). The van der Waals surface area contributed by atoms with Gasteiger partial charge in [-0.1, -0.05) is 37.3 Å². The summed E-state index contributed by atoms with van der Waals surface area (Å²) in [6.07, 6.45) is 4.69. The van der Waals surface area contributed by atoms with Crippen LogP contribution in [0.25, 0.3) is 0 Å². The van der Waals surface area contributed by atoms with Crippen molar-refractivity contribution in [1.29, 1.82) is 0 Å². The van der Waals surface area contributed by atoms with Gasteiger partial charge in [0.15, 0.2) is 0 Å². The summed E-state index contributed by atoms with van der Waals surface area (Å²) in [5, 5.41) is 6.14. The Morgan fingerprint density at radius 1 is 0.931 bits per heavy atom. The van der Waals surface area contributed by atoms with E-state index in [2.05, 4.69) is 56.5 Å². The van der Waals surface area contributed by atoms with Crippen molar-refractivity contribution in [2.24, 2.45) is 0 Å². The molecule has 2 heterocycles. The van der Waals surface area contributed by atoms with E-state index in [0.717, 1.165) is 45.6 Å². The summed E-state index contributed by atoms with van der Waals surface area (Å²) >= 11 is 0. The van der Waals surface area contributed by atoms with Gasteiger partial charge in [0.05, 0.1) is 6.04 Å². The molecular weight excluding hydrogens is 362 g/mol. The number of carbonyl (C=O) groups excluding carboxylic acids is 1. The lowest BCUT2D eigenvalue weighted by atomic mass is 10.1. The van der Waals surface area contributed by atoms with Gasteiger partial charge in [-0.25, -0.2) is 4.79 Å². The first kappa shape index (κ1) is 22.1. The van der Waals surface area contributed by atoms with Gasteiger partial charge >= 0.3 is 6.03 Å². The topological polar surface area (TPSA) is 50.9 Å².